The maximum atomic E-state index is 6.10. The summed E-state index contributed by atoms with van der Waals surface area (Å²) in [5, 5.41) is 0.817. The SMILES string of the molecule is CN(CCCN)Cc1cc(Br)ccc1Cl. The number of hydrogen-bond acceptors (Lipinski definition) is 2. The number of nitrogens with zero attached hydrogens (tertiary/aromatic N) is 1. The Bertz CT molecular complexity index is 317. The van der Waals surface area contributed by atoms with Gasteiger partial charge in [-0.15, -0.1) is 0 Å². The van der Waals surface area contributed by atoms with Crippen LogP contribution in [-0.2, 0) is 6.54 Å². The van der Waals surface area contributed by atoms with E-state index in [0.717, 1.165) is 41.1 Å². The summed E-state index contributed by atoms with van der Waals surface area (Å²) in [5.74, 6) is 0. The maximum absolute atomic E-state index is 6.10. The second-order valence-corrected chi connectivity index (χ2v) is 4.94. The Labute approximate surface area is 105 Å². The zero-order chi connectivity index (χ0) is 11.3. The molecule has 0 heterocycles. The van der Waals surface area contributed by atoms with Gasteiger partial charge in [-0.05, 0) is 50.3 Å². The number of halogens is 2. The molecule has 0 saturated heterocycles. The highest BCUT2D eigenvalue weighted by Crippen LogP contribution is 2.21. The van der Waals surface area contributed by atoms with Gasteiger partial charge in [-0.1, -0.05) is 27.5 Å². The fourth-order valence-electron chi connectivity index (χ4n) is 1.40. The second kappa shape index (κ2) is 6.48. The molecular weight excluding hydrogens is 275 g/mol. The summed E-state index contributed by atoms with van der Waals surface area (Å²) in [6.45, 7) is 2.59. The van der Waals surface area contributed by atoms with E-state index in [1.54, 1.807) is 0 Å². The summed E-state index contributed by atoms with van der Waals surface area (Å²) >= 11 is 9.54. The second-order valence-electron chi connectivity index (χ2n) is 3.62. The molecule has 2 nitrogen and oxygen atoms in total. The van der Waals surface area contributed by atoms with Crippen LogP contribution in [0, 0.1) is 0 Å². The van der Waals surface area contributed by atoms with Crippen LogP contribution in [0.5, 0.6) is 0 Å². The Kier molecular flexibility index (Phi) is 5.61. The lowest BCUT2D eigenvalue weighted by Crippen LogP contribution is -2.21. The zero-order valence-corrected chi connectivity index (χ0v) is 11.2. The summed E-state index contributed by atoms with van der Waals surface area (Å²) < 4.78 is 1.06. The van der Waals surface area contributed by atoms with Crippen molar-refractivity contribution in [3.05, 3.63) is 33.3 Å². The fraction of sp³-hybridized carbons (Fsp3) is 0.455. The van der Waals surface area contributed by atoms with Crippen LogP contribution in [0.2, 0.25) is 5.02 Å². The third-order valence-corrected chi connectivity index (χ3v) is 3.05. The minimum absolute atomic E-state index is 0.733. The Morgan fingerprint density at radius 1 is 1.47 bits per heavy atom. The quantitative estimate of drug-likeness (QED) is 0.904. The molecule has 15 heavy (non-hydrogen) atoms. The highest BCUT2D eigenvalue weighted by atomic mass is 79.9. The molecule has 4 heteroatoms. The fourth-order valence-corrected chi connectivity index (χ4v) is 1.98. The van der Waals surface area contributed by atoms with Crippen molar-refractivity contribution >= 4 is 27.5 Å². The van der Waals surface area contributed by atoms with Crippen molar-refractivity contribution in [2.24, 2.45) is 5.73 Å². The summed E-state index contributed by atoms with van der Waals surface area (Å²) in [6, 6.07) is 5.92. The molecule has 1 aromatic carbocycles. The predicted molar refractivity (Wildman–Crippen MR) is 69.2 cm³/mol. The Hall–Kier alpha value is -0.0900. The van der Waals surface area contributed by atoms with Gasteiger partial charge < -0.3 is 10.6 Å². The van der Waals surface area contributed by atoms with Crippen molar-refractivity contribution in [3.8, 4) is 0 Å². The van der Waals surface area contributed by atoms with Gasteiger partial charge in [0, 0.05) is 16.0 Å². The van der Waals surface area contributed by atoms with Crippen LogP contribution in [-0.4, -0.2) is 25.0 Å². The maximum Gasteiger partial charge on any atom is 0.0451 e. The van der Waals surface area contributed by atoms with Crippen LogP contribution in [0.1, 0.15) is 12.0 Å². The van der Waals surface area contributed by atoms with E-state index in [9.17, 15) is 0 Å². The third-order valence-electron chi connectivity index (χ3n) is 2.19. The van der Waals surface area contributed by atoms with E-state index < -0.39 is 0 Å². The standard InChI is InChI=1S/C11H16BrClN2/c1-15(6-2-5-14)8-9-7-10(12)3-4-11(9)13/h3-4,7H,2,5-6,8,14H2,1H3. The first-order chi connectivity index (χ1) is 7.13. The van der Waals surface area contributed by atoms with Crippen molar-refractivity contribution in [2.45, 2.75) is 13.0 Å². The van der Waals surface area contributed by atoms with Gasteiger partial charge >= 0.3 is 0 Å². The molecule has 0 aliphatic carbocycles. The molecule has 0 unspecified atom stereocenters. The molecule has 0 bridgehead atoms. The van der Waals surface area contributed by atoms with Crippen LogP contribution < -0.4 is 5.73 Å². The molecule has 1 rings (SSSR count). The lowest BCUT2D eigenvalue weighted by atomic mass is 10.2. The minimum Gasteiger partial charge on any atom is -0.330 e. The van der Waals surface area contributed by atoms with Gasteiger partial charge in [0.15, 0.2) is 0 Å². The van der Waals surface area contributed by atoms with Gasteiger partial charge in [0.05, 0.1) is 0 Å². The van der Waals surface area contributed by atoms with E-state index in [-0.39, 0.29) is 0 Å². The zero-order valence-electron chi connectivity index (χ0n) is 8.84. The number of hydrogen-bond donors (Lipinski definition) is 1. The van der Waals surface area contributed by atoms with E-state index >= 15 is 0 Å². The molecule has 0 saturated carbocycles. The normalized spacial score (nSPS) is 11.0. The van der Waals surface area contributed by atoms with Gasteiger partial charge in [-0.25, -0.2) is 0 Å². The highest BCUT2D eigenvalue weighted by molar-refractivity contribution is 9.10. The molecule has 0 amide bonds. The molecule has 0 atom stereocenters. The molecule has 0 aromatic heterocycles. The van der Waals surface area contributed by atoms with Crippen molar-refractivity contribution in [2.75, 3.05) is 20.1 Å². The van der Waals surface area contributed by atoms with E-state index in [0.29, 0.717) is 0 Å². The molecular formula is C11H16BrClN2. The number of rotatable bonds is 5. The predicted octanol–water partition coefficient (Wildman–Crippen LogP) is 2.88. The first-order valence-electron chi connectivity index (χ1n) is 4.96. The Morgan fingerprint density at radius 2 is 2.20 bits per heavy atom. The Morgan fingerprint density at radius 3 is 2.87 bits per heavy atom. The first kappa shape index (κ1) is 13.0. The monoisotopic (exact) mass is 290 g/mol. The summed E-state index contributed by atoms with van der Waals surface area (Å²) in [5.41, 5.74) is 6.61. The van der Waals surface area contributed by atoms with Gasteiger partial charge in [0.1, 0.15) is 0 Å². The summed E-state index contributed by atoms with van der Waals surface area (Å²) in [7, 11) is 2.08. The van der Waals surface area contributed by atoms with Gasteiger partial charge in [-0.2, -0.15) is 0 Å². The molecule has 0 fully saturated rings. The van der Waals surface area contributed by atoms with Crippen molar-refractivity contribution in [1.82, 2.24) is 4.90 Å². The lowest BCUT2D eigenvalue weighted by Gasteiger charge is -2.17. The van der Waals surface area contributed by atoms with Gasteiger partial charge in [0.25, 0.3) is 0 Å². The molecule has 1 aromatic rings. The minimum atomic E-state index is 0.733. The average Bonchev–Trinajstić information content (AvgIpc) is 2.20. The van der Waals surface area contributed by atoms with Crippen molar-refractivity contribution < 1.29 is 0 Å². The van der Waals surface area contributed by atoms with E-state index in [1.165, 1.54) is 0 Å². The van der Waals surface area contributed by atoms with Crippen LogP contribution in [0.15, 0.2) is 22.7 Å². The average molecular weight is 292 g/mol. The summed E-state index contributed by atoms with van der Waals surface area (Å²) in [6.07, 6.45) is 1.02. The molecule has 0 aliphatic heterocycles. The topological polar surface area (TPSA) is 29.3 Å². The number of nitrogens with two attached hydrogens (primary N) is 1. The van der Waals surface area contributed by atoms with Crippen LogP contribution in [0.25, 0.3) is 0 Å². The largest absolute Gasteiger partial charge is 0.330 e. The summed E-state index contributed by atoms with van der Waals surface area (Å²) in [4.78, 5) is 2.22. The van der Waals surface area contributed by atoms with E-state index in [4.69, 9.17) is 17.3 Å². The number of benzene rings is 1. The molecule has 0 spiro atoms. The van der Waals surface area contributed by atoms with E-state index in [1.807, 2.05) is 12.1 Å². The van der Waals surface area contributed by atoms with Crippen LogP contribution in [0.4, 0.5) is 0 Å². The molecule has 2 N–H and O–H groups in total. The first-order valence-corrected chi connectivity index (χ1v) is 6.13. The smallest absolute Gasteiger partial charge is 0.0451 e. The van der Waals surface area contributed by atoms with E-state index in [2.05, 4.69) is 33.9 Å². The van der Waals surface area contributed by atoms with Gasteiger partial charge in [0.2, 0.25) is 0 Å². The lowest BCUT2D eigenvalue weighted by molar-refractivity contribution is 0.324. The third kappa shape index (κ3) is 4.51. The van der Waals surface area contributed by atoms with Crippen molar-refractivity contribution in [1.29, 1.82) is 0 Å². The molecule has 84 valence electrons. The molecule has 0 aliphatic rings. The highest BCUT2D eigenvalue weighted by Gasteiger charge is 2.04. The molecule has 0 radical (unpaired) electrons. The van der Waals surface area contributed by atoms with Crippen molar-refractivity contribution in [3.63, 3.8) is 0 Å². The van der Waals surface area contributed by atoms with Crippen LogP contribution in [0.3, 0.4) is 0 Å². The Balaban J connectivity index is 2.59. The van der Waals surface area contributed by atoms with Crippen LogP contribution >= 0.6 is 27.5 Å². The van der Waals surface area contributed by atoms with Gasteiger partial charge in [-0.3, -0.25) is 0 Å².